The van der Waals surface area contributed by atoms with E-state index in [4.69, 9.17) is 11.6 Å². The van der Waals surface area contributed by atoms with Gasteiger partial charge in [-0.2, -0.15) is 0 Å². The fourth-order valence-electron chi connectivity index (χ4n) is 1.63. The van der Waals surface area contributed by atoms with Gasteiger partial charge in [0.1, 0.15) is 5.75 Å². The number of hydrogen-bond donors (Lipinski definition) is 2. The highest BCUT2D eigenvalue weighted by molar-refractivity contribution is 6.30. The maximum absolute atomic E-state index is 12.1. The van der Waals surface area contributed by atoms with E-state index in [1.54, 1.807) is 18.2 Å². The lowest BCUT2D eigenvalue weighted by Gasteiger charge is -2.11. The van der Waals surface area contributed by atoms with Crippen molar-refractivity contribution in [3.8, 4) is 5.75 Å². The van der Waals surface area contributed by atoms with E-state index in [1.807, 2.05) is 0 Å². The van der Waals surface area contributed by atoms with E-state index in [0.29, 0.717) is 10.7 Å². The van der Waals surface area contributed by atoms with Crippen molar-refractivity contribution < 1.29 is 22.7 Å². The maximum Gasteiger partial charge on any atom is 0.573 e. The molecule has 0 spiro atoms. The molecular formula is C14H10ClF3N2O2. The SMILES string of the molecule is O=C(Nc1cccc(Cl)c1)Nc1cccc(OC(F)(F)F)c1. The van der Waals surface area contributed by atoms with Crippen LogP contribution < -0.4 is 15.4 Å². The maximum atomic E-state index is 12.1. The summed E-state index contributed by atoms with van der Waals surface area (Å²) in [7, 11) is 0. The number of carbonyl (C=O) groups is 1. The predicted octanol–water partition coefficient (Wildman–Crippen LogP) is 4.88. The quantitative estimate of drug-likeness (QED) is 0.842. The molecule has 2 aromatic rings. The summed E-state index contributed by atoms with van der Waals surface area (Å²) in [6, 6.07) is 10.8. The largest absolute Gasteiger partial charge is 0.573 e. The lowest BCUT2D eigenvalue weighted by Crippen LogP contribution is -2.20. The minimum absolute atomic E-state index is 0.154. The Morgan fingerprint density at radius 3 is 2.18 bits per heavy atom. The number of ether oxygens (including phenoxy) is 1. The molecule has 116 valence electrons. The molecule has 0 saturated heterocycles. The van der Waals surface area contributed by atoms with Crippen LogP contribution in [-0.4, -0.2) is 12.4 Å². The van der Waals surface area contributed by atoms with Crippen LogP contribution in [0.1, 0.15) is 0 Å². The summed E-state index contributed by atoms with van der Waals surface area (Å²) in [4.78, 5) is 11.8. The van der Waals surface area contributed by atoms with Crippen molar-refractivity contribution in [1.29, 1.82) is 0 Å². The Labute approximate surface area is 128 Å². The van der Waals surface area contributed by atoms with Crippen molar-refractivity contribution in [3.05, 3.63) is 53.6 Å². The molecule has 0 heterocycles. The van der Waals surface area contributed by atoms with E-state index >= 15 is 0 Å². The first-order chi connectivity index (χ1) is 10.3. The van der Waals surface area contributed by atoms with Crippen LogP contribution in [-0.2, 0) is 0 Å². The highest BCUT2D eigenvalue weighted by Gasteiger charge is 2.31. The molecule has 8 heteroatoms. The molecule has 0 aliphatic carbocycles. The average Bonchev–Trinajstić information content (AvgIpc) is 2.36. The fourth-order valence-corrected chi connectivity index (χ4v) is 1.82. The number of hydrogen-bond acceptors (Lipinski definition) is 2. The van der Waals surface area contributed by atoms with Gasteiger partial charge in [-0.1, -0.05) is 23.7 Å². The molecule has 2 aromatic carbocycles. The summed E-state index contributed by atoms with van der Waals surface area (Å²) in [6.45, 7) is 0. The van der Waals surface area contributed by atoms with Gasteiger partial charge in [0.2, 0.25) is 0 Å². The molecule has 22 heavy (non-hydrogen) atoms. The highest BCUT2D eigenvalue weighted by atomic mass is 35.5. The van der Waals surface area contributed by atoms with E-state index in [0.717, 1.165) is 12.1 Å². The Balaban J connectivity index is 2.01. The summed E-state index contributed by atoms with van der Waals surface area (Å²) < 4.78 is 40.1. The van der Waals surface area contributed by atoms with Crippen LogP contribution in [0.5, 0.6) is 5.75 Å². The minimum atomic E-state index is -4.79. The van der Waals surface area contributed by atoms with Crippen molar-refractivity contribution >= 4 is 29.0 Å². The standard InChI is InChI=1S/C14H10ClF3N2O2/c15-9-3-1-4-10(7-9)19-13(21)20-11-5-2-6-12(8-11)22-14(16,17)18/h1-8H,(H2,19,20,21). The monoisotopic (exact) mass is 330 g/mol. The number of urea groups is 1. The van der Waals surface area contributed by atoms with Gasteiger partial charge in [-0.3, -0.25) is 0 Å². The Bertz CT molecular complexity index is 677. The minimum Gasteiger partial charge on any atom is -0.406 e. The molecule has 2 N–H and O–H groups in total. The van der Waals surface area contributed by atoms with Gasteiger partial charge in [-0.15, -0.1) is 13.2 Å². The molecule has 0 unspecified atom stereocenters. The van der Waals surface area contributed by atoms with Gasteiger partial charge in [0.15, 0.2) is 0 Å². The smallest absolute Gasteiger partial charge is 0.406 e. The summed E-state index contributed by atoms with van der Waals surface area (Å²) >= 11 is 5.78. The molecule has 0 radical (unpaired) electrons. The van der Waals surface area contributed by atoms with Gasteiger partial charge in [-0.05, 0) is 30.3 Å². The molecule has 2 amide bonds. The fraction of sp³-hybridized carbons (Fsp3) is 0.0714. The van der Waals surface area contributed by atoms with Crippen LogP contribution >= 0.6 is 11.6 Å². The van der Waals surface area contributed by atoms with Crippen LogP contribution in [0, 0.1) is 0 Å². The zero-order valence-corrected chi connectivity index (χ0v) is 11.7. The third-order valence-corrected chi connectivity index (χ3v) is 2.64. The number of benzene rings is 2. The van der Waals surface area contributed by atoms with E-state index < -0.39 is 18.1 Å². The van der Waals surface area contributed by atoms with E-state index in [-0.39, 0.29) is 5.69 Å². The van der Waals surface area contributed by atoms with Crippen molar-refractivity contribution in [2.45, 2.75) is 6.36 Å². The van der Waals surface area contributed by atoms with E-state index in [9.17, 15) is 18.0 Å². The second-order valence-corrected chi connectivity index (χ2v) is 4.60. The van der Waals surface area contributed by atoms with Gasteiger partial charge in [0.05, 0.1) is 0 Å². The molecule has 0 fully saturated rings. The lowest BCUT2D eigenvalue weighted by molar-refractivity contribution is -0.274. The van der Waals surface area contributed by atoms with Crippen LogP contribution in [0.2, 0.25) is 5.02 Å². The summed E-state index contributed by atoms with van der Waals surface area (Å²) in [5.74, 6) is -0.423. The number of nitrogens with one attached hydrogen (secondary N) is 2. The molecule has 0 aliphatic rings. The van der Waals surface area contributed by atoms with E-state index in [1.165, 1.54) is 18.2 Å². The molecule has 0 bridgehead atoms. The Morgan fingerprint density at radius 2 is 1.59 bits per heavy atom. The Morgan fingerprint density at radius 1 is 1.00 bits per heavy atom. The Kier molecular flexibility index (Phi) is 4.77. The average molecular weight is 331 g/mol. The zero-order chi connectivity index (χ0) is 16.2. The van der Waals surface area contributed by atoms with Crippen LogP contribution in [0.4, 0.5) is 29.3 Å². The van der Waals surface area contributed by atoms with Gasteiger partial charge in [-0.25, -0.2) is 4.79 Å². The normalized spacial score (nSPS) is 10.9. The number of anilines is 2. The number of amides is 2. The third-order valence-electron chi connectivity index (χ3n) is 2.41. The second kappa shape index (κ2) is 6.57. The van der Waals surface area contributed by atoms with Gasteiger partial charge in [0.25, 0.3) is 0 Å². The van der Waals surface area contributed by atoms with Crippen molar-refractivity contribution in [2.75, 3.05) is 10.6 Å². The second-order valence-electron chi connectivity index (χ2n) is 4.17. The van der Waals surface area contributed by atoms with Gasteiger partial charge in [0, 0.05) is 22.5 Å². The number of rotatable bonds is 3. The van der Waals surface area contributed by atoms with Gasteiger partial charge < -0.3 is 15.4 Å². The molecule has 0 saturated carbocycles. The van der Waals surface area contributed by atoms with Crippen LogP contribution in [0.3, 0.4) is 0 Å². The highest BCUT2D eigenvalue weighted by Crippen LogP contribution is 2.25. The number of carbonyl (C=O) groups excluding carboxylic acids is 1. The Hall–Kier alpha value is -2.41. The predicted molar refractivity (Wildman–Crippen MR) is 77.2 cm³/mol. The van der Waals surface area contributed by atoms with E-state index in [2.05, 4.69) is 15.4 Å². The van der Waals surface area contributed by atoms with Crippen molar-refractivity contribution in [3.63, 3.8) is 0 Å². The summed E-state index contributed by atoms with van der Waals surface area (Å²) in [6.07, 6.45) is -4.79. The number of alkyl halides is 3. The zero-order valence-electron chi connectivity index (χ0n) is 10.9. The topological polar surface area (TPSA) is 50.4 Å². The van der Waals surface area contributed by atoms with Crippen molar-refractivity contribution in [2.24, 2.45) is 0 Å². The molecule has 2 rings (SSSR count). The molecule has 4 nitrogen and oxygen atoms in total. The first-order valence-corrected chi connectivity index (χ1v) is 6.39. The summed E-state index contributed by atoms with van der Waals surface area (Å²) in [5, 5.41) is 5.34. The van der Waals surface area contributed by atoms with Crippen molar-refractivity contribution in [1.82, 2.24) is 0 Å². The lowest BCUT2D eigenvalue weighted by atomic mass is 10.3. The number of halogens is 4. The van der Waals surface area contributed by atoms with Crippen LogP contribution in [0.15, 0.2) is 48.5 Å². The molecule has 0 aromatic heterocycles. The molecule has 0 aliphatic heterocycles. The first kappa shape index (κ1) is 16.0. The van der Waals surface area contributed by atoms with Gasteiger partial charge >= 0.3 is 12.4 Å². The molecule has 0 atom stereocenters. The molecular weight excluding hydrogens is 321 g/mol. The summed E-state index contributed by atoms with van der Waals surface area (Å²) in [5.41, 5.74) is 0.606. The third kappa shape index (κ3) is 5.17. The van der Waals surface area contributed by atoms with Crippen LogP contribution in [0.25, 0.3) is 0 Å². The first-order valence-electron chi connectivity index (χ1n) is 6.01.